The van der Waals surface area contributed by atoms with Crippen molar-refractivity contribution < 1.29 is 14.3 Å². The summed E-state index contributed by atoms with van der Waals surface area (Å²) < 4.78 is 13.6. The van der Waals surface area contributed by atoms with Crippen LogP contribution in [0.1, 0.15) is 48.5 Å². The molecule has 0 aromatic heterocycles. The summed E-state index contributed by atoms with van der Waals surface area (Å²) in [6, 6.07) is 3.92. The zero-order valence-electron chi connectivity index (χ0n) is 10.5. The summed E-state index contributed by atoms with van der Waals surface area (Å²) >= 11 is 0. The monoisotopic (exact) mass is 251 g/mol. The summed E-state index contributed by atoms with van der Waals surface area (Å²) in [5.41, 5.74) is 0.610. The lowest BCUT2D eigenvalue weighted by molar-refractivity contribution is 0.0696. The number of aromatic carboxylic acids is 1. The van der Waals surface area contributed by atoms with Gasteiger partial charge in [-0.2, -0.15) is 0 Å². The zero-order valence-corrected chi connectivity index (χ0v) is 10.5. The predicted molar refractivity (Wildman–Crippen MR) is 67.1 cm³/mol. The summed E-state index contributed by atoms with van der Waals surface area (Å²) in [7, 11) is 0. The van der Waals surface area contributed by atoms with E-state index in [1.807, 2.05) is 0 Å². The molecular weight excluding hydrogens is 233 g/mol. The van der Waals surface area contributed by atoms with Crippen LogP contribution in [0.5, 0.6) is 0 Å². The molecule has 2 N–H and O–H groups in total. The van der Waals surface area contributed by atoms with E-state index in [4.69, 9.17) is 5.11 Å². The number of hydrogen-bond donors (Lipinski definition) is 2. The van der Waals surface area contributed by atoms with Gasteiger partial charge in [-0.3, -0.25) is 0 Å². The van der Waals surface area contributed by atoms with Crippen LogP contribution in [0.3, 0.4) is 0 Å². The summed E-state index contributed by atoms with van der Waals surface area (Å²) in [4.78, 5) is 10.8. The molecule has 1 aromatic carbocycles. The molecule has 1 aliphatic rings. The van der Waals surface area contributed by atoms with E-state index in [9.17, 15) is 9.18 Å². The molecule has 0 amide bonds. The molecule has 3 nitrogen and oxygen atoms in total. The number of nitrogens with one attached hydrogen (secondary N) is 1. The molecule has 0 aliphatic heterocycles. The molecule has 0 spiro atoms. The van der Waals surface area contributed by atoms with E-state index in [1.165, 1.54) is 31.0 Å². The summed E-state index contributed by atoms with van der Waals surface area (Å²) in [5.74, 6) is -1.38. The number of halogens is 1. The van der Waals surface area contributed by atoms with Crippen molar-refractivity contribution in [3.63, 3.8) is 0 Å². The van der Waals surface area contributed by atoms with Crippen molar-refractivity contribution in [2.45, 2.75) is 44.7 Å². The van der Waals surface area contributed by atoms with Gasteiger partial charge in [0.25, 0.3) is 0 Å². The highest BCUT2D eigenvalue weighted by Crippen LogP contribution is 2.29. The van der Waals surface area contributed by atoms with Crippen LogP contribution in [0.2, 0.25) is 0 Å². The minimum absolute atomic E-state index is 0.0612. The van der Waals surface area contributed by atoms with Crippen molar-refractivity contribution in [1.29, 1.82) is 0 Å². The van der Waals surface area contributed by atoms with E-state index in [2.05, 4.69) is 12.2 Å². The van der Waals surface area contributed by atoms with Gasteiger partial charge in [-0.05, 0) is 38.0 Å². The largest absolute Gasteiger partial charge is 0.478 e. The van der Waals surface area contributed by atoms with Gasteiger partial charge in [0, 0.05) is 17.6 Å². The van der Waals surface area contributed by atoms with Crippen LogP contribution in [0, 0.1) is 5.82 Å². The van der Waals surface area contributed by atoms with Crippen molar-refractivity contribution in [3.8, 4) is 0 Å². The Morgan fingerprint density at radius 3 is 2.72 bits per heavy atom. The van der Waals surface area contributed by atoms with Gasteiger partial charge < -0.3 is 10.4 Å². The molecule has 18 heavy (non-hydrogen) atoms. The lowest BCUT2D eigenvalue weighted by Gasteiger charge is -2.25. The molecule has 98 valence electrons. The number of hydrogen-bond acceptors (Lipinski definition) is 2. The third kappa shape index (κ3) is 2.88. The van der Waals surface area contributed by atoms with Crippen molar-refractivity contribution >= 4 is 5.97 Å². The molecule has 0 radical (unpaired) electrons. The zero-order chi connectivity index (χ0) is 13.2. The van der Waals surface area contributed by atoms with Gasteiger partial charge in [0.2, 0.25) is 0 Å². The molecule has 0 unspecified atom stereocenters. The van der Waals surface area contributed by atoms with E-state index < -0.39 is 5.97 Å². The highest BCUT2D eigenvalue weighted by molar-refractivity contribution is 5.87. The normalized spacial score (nSPS) is 17.9. The first kappa shape index (κ1) is 13.0. The number of carboxylic acids is 1. The minimum Gasteiger partial charge on any atom is -0.478 e. The third-order valence-corrected chi connectivity index (χ3v) is 3.71. The number of carboxylic acid groups (broad SMARTS) is 1. The van der Waals surface area contributed by atoms with Crippen LogP contribution in [0.15, 0.2) is 18.2 Å². The fourth-order valence-electron chi connectivity index (χ4n) is 2.48. The molecule has 0 heterocycles. The average Bonchev–Trinajstić information content (AvgIpc) is 2.75. The Balaban J connectivity index is 2.08. The lowest BCUT2D eigenvalue weighted by Crippen LogP contribution is -2.39. The molecule has 1 saturated carbocycles. The van der Waals surface area contributed by atoms with E-state index >= 15 is 0 Å². The quantitative estimate of drug-likeness (QED) is 0.865. The van der Waals surface area contributed by atoms with E-state index in [0.717, 1.165) is 12.8 Å². The van der Waals surface area contributed by atoms with Crippen LogP contribution >= 0.6 is 0 Å². The van der Waals surface area contributed by atoms with Crippen LogP contribution < -0.4 is 5.32 Å². The van der Waals surface area contributed by atoms with Crippen LogP contribution in [0.4, 0.5) is 4.39 Å². The fourth-order valence-corrected chi connectivity index (χ4v) is 2.48. The Morgan fingerprint density at radius 1 is 1.44 bits per heavy atom. The highest BCUT2D eigenvalue weighted by Gasteiger charge is 2.27. The fraction of sp³-hybridized carbons (Fsp3) is 0.500. The molecule has 2 rings (SSSR count). The van der Waals surface area contributed by atoms with Crippen molar-refractivity contribution in [2.24, 2.45) is 0 Å². The molecule has 0 bridgehead atoms. The number of benzene rings is 1. The second-order valence-corrected chi connectivity index (χ2v) is 5.23. The van der Waals surface area contributed by atoms with Crippen LogP contribution in [-0.2, 0) is 6.54 Å². The third-order valence-electron chi connectivity index (χ3n) is 3.71. The lowest BCUT2D eigenvalue weighted by atomic mass is 10.00. The van der Waals surface area contributed by atoms with Gasteiger partial charge in [-0.25, -0.2) is 9.18 Å². The van der Waals surface area contributed by atoms with Crippen molar-refractivity contribution in [3.05, 3.63) is 35.1 Å². The summed E-state index contributed by atoms with van der Waals surface area (Å²) in [6.45, 7) is 2.52. The van der Waals surface area contributed by atoms with Gasteiger partial charge in [0.15, 0.2) is 0 Å². The van der Waals surface area contributed by atoms with Crippen LogP contribution in [-0.4, -0.2) is 16.6 Å². The first-order valence-corrected chi connectivity index (χ1v) is 6.27. The van der Waals surface area contributed by atoms with Gasteiger partial charge in [0.1, 0.15) is 5.82 Å². The summed E-state index contributed by atoms with van der Waals surface area (Å²) in [5, 5.41) is 12.2. The molecule has 4 heteroatoms. The Hall–Kier alpha value is -1.42. The predicted octanol–water partition coefficient (Wildman–Crippen LogP) is 2.95. The molecule has 1 aliphatic carbocycles. The second-order valence-electron chi connectivity index (χ2n) is 5.23. The van der Waals surface area contributed by atoms with Crippen LogP contribution in [0.25, 0.3) is 0 Å². The smallest absolute Gasteiger partial charge is 0.335 e. The van der Waals surface area contributed by atoms with Gasteiger partial charge >= 0.3 is 5.97 Å². The Morgan fingerprint density at radius 2 is 2.11 bits per heavy atom. The molecule has 0 atom stereocenters. The highest BCUT2D eigenvalue weighted by atomic mass is 19.1. The topological polar surface area (TPSA) is 49.3 Å². The van der Waals surface area contributed by atoms with Crippen molar-refractivity contribution in [1.82, 2.24) is 5.32 Å². The second kappa shape index (κ2) is 5.06. The number of carbonyl (C=O) groups is 1. The first-order valence-electron chi connectivity index (χ1n) is 6.27. The SMILES string of the molecule is CC1(NCc2cc(C(=O)O)ccc2F)CCCC1. The van der Waals surface area contributed by atoms with Gasteiger partial charge in [-0.1, -0.05) is 12.8 Å². The molecular formula is C14H18FNO2. The van der Waals surface area contributed by atoms with Crippen molar-refractivity contribution in [2.75, 3.05) is 0 Å². The standard InChI is InChI=1S/C14H18FNO2/c1-14(6-2-3-7-14)16-9-11-8-10(13(17)18)4-5-12(11)15/h4-5,8,16H,2-3,6-7,9H2,1H3,(H,17,18). The molecule has 1 aromatic rings. The Bertz CT molecular complexity index is 453. The van der Waals surface area contributed by atoms with E-state index in [0.29, 0.717) is 12.1 Å². The van der Waals surface area contributed by atoms with E-state index in [-0.39, 0.29) is 16.9 Å². The molecule has 1 fully saturated rings. The Kier molecular flexibility index (Phi) is 3.66. The minimum atomic E-state index is -1.02. The maximum Gasteiger partial charge on any atom is 0.335 e. The maximum absolute atomic E-state index is 13.6. The number of rotatable bonds is 4. The van der Waals surface area contributed by atoms with Gasteiger partial charge in [-0.15, -0.1) is 0 Å². The molecule has 0 saturated heterocycles. The first-order chi connectivity index (χ1) is 8.50. The van der Waals surface area contributed by atoms with E-state index in [1.54, 1.807) is 0 Å². The summed E-state index contributed by atoms with van der Waals surface area (Å²) in [6.07, 6.45) is 4.57. The average molecular weight is 251 g/mol. The van der Waals surface area contributed by atoms with Gasteiger partial charge in [0.05, 0.1) is 5.56 Å². The Labute approximate surface area is 106 Å². The maximum atomic E-state index is 13.6.